The summed E-state index contributed by atoms with van der Waals surface area (Å²) in [4.78, 5) is 43.3. The highest BCUT2D eigenvalue weighted by molar-refractivity contribution is 5.94. The number of benzene rings is 1. The van der Waals surface area contributed by atoms with Gasteiger partial charge in [0.1, 0.15) is 5.82 Å². The summed E-state index contributed by atoms with van der Waals surface area (Å²) in [5, 5.41) is 10.0. The fourth-order valence-electron chi connectivity index (χ4n) is 5.16. The van der Waals surface area contributed by atoms with Gasteiger partial charge < -0.3 is 15.1 Å². The van der Waals surface area contributed by atoms with E-state index in [1.807, 2.05) is 4.90 Å². The lowest BCUT2D eigenvalue weighted by Crippen LogP contribution is -2.51. The molecule has 0 aliphatic carbocycles. The largest absolute Gasteiger partial charge is 0.383 e. The molecule has 4 heterocycles. The van der Waals surface area contributed by atoms with Gasteiger partial charge in [-0.2, -0.15) is 5.10 Å². The first-order valence-corrected chi connectivity index (χ1v) is 12.4. The molecule has 0 spiro atoms. The first-order chi connectivity index (χ1) is 17.0. The molecule has 2 fully saturated rings. The number of nitrogens with zero attached hydrogens (tertiary/aromatic N) is 4. The van der Waals surface area contributed by atoms with E-state index in [9.17, 15) is 18.8 Å². The van der Waals surface area contributed by atoms with Crippen LogP contribution in [0.2, 0.25) is 0 Å². The van der Waals surface area contributed by atoms with Gasteiger partial charge >= 0.3 is 0 Å². The molecule has 0 radical (unpaired) electrons. The number of aromatic nitrogens is 2. The molecule has 1 aromatic heterocycles. The molecule has 35 heavy (non-hydrogen) atoms. The number of nitrogens with one attached hydrogen (secondary N) is 2. The fourth-order valence-corrected chi connectivity index (χ4v) is 5.16. The number of piperazine rings is 1. The van der Waals surface area contributed by atoms with E-state index in [1.165, 1.54) is 6.07 Å². The quantitative estimate of drug-likeness (QED) is 0.665. The molecule has 10 heteroatoms. The van der Waals surface area contributed by atoms with Crippen LogP contribution in [0.5, 0.6) is 0 Å². The molecule has 5 rings (SSSR count). The Hall–Kier alpha value is -3.27. The van der Waals surface area contributed by atoms with Gasteiger partial charge in [-0.05, 0) is 43.4 Å². The third-order valence-electron chi connectivity index (χ3n) is 7.17. The van der Waals surface area contributed by atoms with Crippen LogP contribution in [0, 0.1) is 5.82 Å². The van der Waals surface area contributed by atoms with Gasteiger partial charge in [0.05, 0.1) is 23.5 Å². The maximum atomic E-state index is 14.7. The van der Waals surface area contributed by atoms with Gasteiger partial charge in [-0.15, -0.1) is 0 Å². The molecule has 0 unspecified atom stereocenters. The lowest BCUT2D eigenvalue weighted by Gasteiger charge is -2.35. The SMILES string of the molecule is O=C(CN1CCN(C(=O)c2cc(Cc3n[nH]c(=O)c4c3NCCC4)ccc2F)CC1)N1CCCC1. The van der Waals surface area contributed by atoms with Gasteiger partial charge in [0, 0.05) is 57.8 Å². The van der Waals surface area contributed by atoms with Crippen LogP contribution in [0.4, 0.5) is 10.1 Å². The molecule has 186 valence electrons. The summed E-state index contributed by atoms with van der Waals surface area (Å²) in [5.74, 6) is -0.752. The zero-order chi connectivity index (χ0) is 24.4. The Labute approximate surface area is 203 Å². The minimum atomic E-state index is -0.556. The minimum Gasteiger partial charge on any atom is -0.383 e. The van der Waals surface area contributed by atoms with Crippen LogP contribution in [-0.2, 0) is 17.6 Å². The van der Waals surface area contributed by atoms with Gasteiger partial charge in [0.2, 0.25) is 5.91 Å². The number of likely N-dealkylation sites (tertiary alicyclic amines) is 1. The molecule has 2 N–H and O–H groups in total. The third kappa shape index (κ3) is 5.07. The number of aromatic amines is 1. The smallest absolute Gasteiger partial charge is 0.269 e. The standard InChI is InChI=1S/C25H31FN6O3/c26-20-6-5-17(15-21-23-18(4-3-7-27-23)24(34)29-28-21)14-19(20)25(35)32-12-10-30(11-13-32)16-22(33)31-8-1-2-9-31/h5-6,14,27H,1-4,7-13,15-16H2,(H,29,34). The van der Waals surface area contributed by atoms with Crippen molar-refractivity contribution in [3.63, 3.8) is 0 Å². The van der Waals surface area contributed by atoms with Crippen molar-refractivity contribution < 1.29 is 14.0 Å². The number of halogens is 1. The molecular weight excluding hydrogens is 451 g/mol. The maximum Gasteiger partial charge on any atom is 0.269 e. The van der Waals surface area contributed by atoms with E-state index in [0.29, 0.717) is 56.8 Å². The number of amides is 2. The molecular formula is C25H31FN6O3. The number of rotatable bonds is 5. The molecule has 3 aliphatic rings. The number of hydrogen-bond donors (Lipinski definition) is 2. The number of fused-ring (bicyclic) bond motifs is 1. The van der Waals surface area contributed by atoms with Gasteiger partial charge in [0.15, 0.2) is 0 Å². The summed E-state index contributed by atoms with van der Waals surface area (Å²) in [5.41, 5.74) is 2.72. The highest BCUT2D eigenvalue weighted by Gasteiger charge is 2.27. The summed E-state index contributed by atoms with van der Waals surface area (Å²) in [7, 11) is 0. The van der Waals surface area contributed by atoms with Crippen LogP contribution < -0.4 is 10.9 Å². The average Bonchev–Trinajstić information content (AvgIpc) is 3.42. The fraction of sp³-hybridized carbons (Fsp3) is 0.520. The molecule has 0 saturated carbocycles. The molecule has 2 amide bonds. The first-order valence-electron chi connectivity index (χ1n) is 12.4. The zero-order valence-electron chi connectivity index (χ0n) is 19.8. The molecule has 3 aliphatic heterocycles. The third-order valence-corrected chi connectivity index (χ3v) is 7.17. The van der Waals surface area contributed by atoms with Crippen LogP contribution in [0.15, 0.2) is 23.0 Å². The normalized spacial score (nSPS) is 18.3. The molecule has 1 aromatic carbocycles. The van der Waals surface area contributed by atoms with E-state index in [0.717, 1.165) is 50.1 Å². The summed E-state index contributed by atoms with van der Waals surface area (Å²) >= 11 is 0. The topological polar surface area (TPSA) is 102 Å². The second kappa shape index (κ2) is 10.2. The highest BCUT2D eigenvalue weighted by atomic mass is 19.1. The second-order valence-corrected chi connectivity index (χ2v) is 9.53. The summed E-state index contributed by atoms with van der Waals surface area (Å²) in [6.07, 6.45) is 4.08. The number of carbonyl (C=O) groups is 2. The van der Waals surface area contributed by atoms with Crippen molar-refractivity contribution >= 4 is 17.5 Å². The number of anilines is 1. The van der Waals surface area contributed by atoms with Gasteiger partial charge in [-0.25, -0.2) is 9.49 Å². The Balaban J connectivity index is 1.24. The van der Waals surface area contributed by atoms with E-state index in [1.54, 1.807) is 17.0 Å². The Morgan fingerprint density at radius 1 is 1.00 bits per heavy atom. The summed E-state index contributed by atoms with van der Waals surface area (Å²) < 4.78 is 14.7. The molecule has 0 atom stereocenters. The summed E-state index contributed by atoms with van der Waals surface area (Å²) in [6.45, 7) is 4.89. The van der Waals surface area contributed by atoms with Crippen LogP contribution in [0.1, 0.15) is 46.4 Å². The predicted molar refractivity (Wildman–Crippen MR) is 129 cm³/mol. The summed E-state index contributed by atoms with van der Waals surface area (Å²) in [6, 6.07) is 4.55. The van der Waals surface area contributed by atoms with Crippen molar-refractivity contribution in [2.24, 2.45) is 0 Å². The zero-order valence-corrected chi connectivity index (χ0v) is 19.8. The van der Waals surface area contributed by atoms with E-state index in [-0.39, 0.29) is 22.9 Å². The van der Waals surface area contributed by atoms with Crippen molar-refractivity contribution in [3.8, 4) is 0 Å². The van der Waals surface area contributed by atoms with E-state index in [2.05, 4.69) is 20.4 Å². The Morgan fingerprint density at radius 2 is 1.77 bits per heavy atom. The number of hydrogen-bond acceptors (Lipinski definition) is 6. The Morgan fingerprint density at radius 3 is 2.54 bits per heavy atom. The molecule has 9 nitrogen and oxygen atoms in total. The maximum absolute atomic E-state index is 14.7. The first kappa shape index (κ1) is 23.5. The minimum absolute atomic E-state index is 0.0374. The number of carbonyl (C=O) groups excluding carboxylic acids is 2. The van der Waals surface area contributed by atoms with Crippen molar-refractivity contribution in [1.29, 1.82) is 0 Å². The van der Waals surface area contributed by atoms with Gasteiger partial charge in [-0.3, -0.25) is 19.3 Å². The lowest BCUT2D eigenvalue weighted by molar-refractivity contribution is -0.131. The average molecular weight is 483 g/mol. The lowest BCUT2D eigenvalue weighted by atomic mass is 9.99. The number of H-pyrrole nitrogens is 1. The van der Waals surface area contributed by atoms with E-state index >= 15 is 0 Å². The molecule has 2 aromatic rings. The van der Waals surface area contributed by atoms with Crippen LogP contribution in [0.25, 0.3) is 0 Å². The van der Waals surface area contributed by atoms with Crippen LogP contribution >= 0.6 is 0 Å². The molecule has 0 bridgehead atoms. The monoisotopic (exact) mass is 482 g/mol. The Kier molecular flexibility index (Phi) is 6.81. The Bertz CT molecular complexity index is 1170. The molecule has 2 saturated heterocycles. The van der Waals surface area contributed by atoms with Gasteiger partial charge in [-0.1, -0.05) is 6.07 Å². The van der Waals surface area contributed by atoms with Gasteiger partial charge in [0.25, 0.3) is 11.5 Å². The highest BCUT2D eigenvalue weighted by Crippen LogP contribution is 2.24. The van der Waals surface area contributed by atoms with Crippen molar-refractivity contribution in [1.82, 2.24) is 24.9 Å². The second-order valence-electron chi connectivity index (χ2n) is 9.53. The van der Waals surface area contributed by atoms with E-state index < -0.39 is 5.82 Å². The van der Waals surface area contributed by atoms with Crippen molar-refractivity contribution in [2.45, 2.75) is 32.1 Å². The van der Waals surface area contributed by atoms with Crippen molar-refractivity contribution in [3.05, 3.63) is 56.8 Å². The predicted octanol–water partition coefficient (Wildman–Crippen LogP) is 1.24. The van der Waals surface area contributed by atoms with E-state index in [4.69, 9.17) is 0 Å². The van der Waals surface area contributed by atoms with Crippen LogP contribution in [0.3, 0.4) is 0 Å². The van der Waals surface area contributed by atoms with Crippen LogP contribution in [-0.4, -0.2) is 89.1 Å². The van der Waals surface area contributed by atoms with Crippen molar-refractivity contribution in [2.75, 3.05) is 57.7 Å².